The maximum atomic E-state index is 9.41. The van der Waals surface area contributed by atoms with Gasteiger partial charge in [-0.1, -0.05) is 26.2 Å². The van der Waals surface area contributed by atoms with Crippen molar-refractivity contribution in [2.45, 2.75) is 51.6 Å². The molecule has 102 valence electrons. The molecule has 0 amide bonds. The smallest absolute Gasteiger partial charge is 0.0672 e. The molecule has 3 heteroatoms. The summed E-state index contributed by atoms with van der Waals surface area (Å²) in [5.74, 6) is 0.198. The lowest BCUT2D eigenvalue weighted by molar-refractivity contribution is 0.153. The number of hydrogen-bond donors (Lipinski definition) is 0. The number of hydrogen-bond acceptors (Lipinski definition) is 3. The molecule has 1 aromatic heterocycles. The Morgan fingerprint density at radius 3 is 2.68 bits per heavy atom. The van der Waals surface area contributed by atoms with Crippen LogP contribution in [-0.4, -0.2) is 22.5 Å². The standard InChI is InChI=1S/C16H23N3/c1-2-19(13-14-8-10-18-11-9-14)16-7-5-3-4-6-15(16)12-17/h8-11,15-16H,2-7,13H2,1H3. The van der Waals surface area contributed by atoms with Gasteiger partial charge in [-0.25, -0.2) is 0 Å². The first-order valence-corrected chi connectivity index (χ1v) is 7.37. The van der Waals surface area contributed by atoms with Gasteiger partial charge in [-0.05, 0) is 37.1 Å². The molecule has 0 aromatic carbocycles. The molecule has 1 aliphatic rings. The molecule has 0 bridgehead atoms. The Morgan fingerprint density at radius 1 is 1.26 bits per heavy atom. The summed E-state index contributed by atoms with van der Waals surface area (Å²) in [6.45, 7) is 4.13. The summed E-state index contributed by atoms with van der Waals surface area (Å²) < 4.78 is 0. The number of pyridine rings is 1. The van der Waals surface area contributed by atoms with Gasteiger partial charge in [0.2, 0.25) is 0 Å². The lowest BCUT2D eigenvalue weighted by Gasteiger charge is -2.32. The van der Waals surface area contributed by atoms with Crippen LogP contribution in [0.1, 0.15) is 44.6 Å². The first-order chi connectivity index (χ1) is 9.35. The van der Waals surface area contributed by atoms with Crippen molar-refractivity contribution in [2.24, 2.45) is 5.92 Å². The topological polar surface area (TPSA) is 39.9 Å². The van der Waals surface area contributed by atoms with Gasteiger partial charge in [0.05, 0.1) is 12.0 Å². The monoisotopic (exact) mass is 257 g/mol. The number of nitrogens with zero attached hydrogens (tertiary/aromatic N) is 3. The Kier molecular flexibility index (Phi) is 5.35. The van der Waals surface area contributed by atoms with Gasteiger partial charge in [0.15, 0.2) is 0 Å². The van der Waals surface area contributed by atoms with Crippen LogP contribution in [0.4, 0.5) is 0 Å². The molecule has 1 aromatic rings. The zero-order valence-corrected chi connectivity index (χ0v) is 11.8. The minimum Gasteiger partial charge on any atom is -0.295 e. The first kappa shape index (κ1) is 14.0. The third-order valence-corrected chi connectivity index (χ3v) is 4.16. The van der Waals surface area contributed by atoms with E-state index in [2.05, 4.69) is 35.0 Å². The van der Waals surface area contributed by atoms with Crippen molar-refractivity contribution in [1.29, 1.82) is 5.26 Å². The normalized spacial score (nSPS) is 23.8. The summed E-state index contributed by atoms with van der Waals surface area (Å²) in [5.41, 5.74) is 1.29. The van der Waals surface area contributed by atoms with Gasteiger partial charge < -0.3 is 0 Å². The molecular formula is C16H23N3. The van der Waals surface area contributed by atoms with E-state index in [1.165, 1.54) is 24.8 Å². The van der Waals surface area contributed by atoms with Crippen LogP contribution in [0.25, 0.3) is 0 Å². The number of aromatic nitrogens is 1. The summed E-state index contributed by atoms with van der Waals surface area (Å²) >= 11 is 0. The van der Waals surface area contributed by atoms with Crippen LogP contribution < -0.4 is 0 Å². The Hall–Kier alpha value is -1.40. The van der Waals surface area contributed by atoms with Crippen LogP contribution >= 0.6 is 0 Å². The molecule has 2 atom stereocenters. The molecule has 19 heavy (non-hydrogen) atoms. The van der Waals surface area contributed by atoms with E-state index >= 15 is 0 Å². The first-order valence-electron chi connectivity index (χ1n) is 7.37. The molecule has 0 radical (unpaired) electrons. The quantitative estimate of drug-likeness (QED) is 0.776. The van der Waals surface area contributed by atoms with Crippen LogP contribution in [-0.2, 0) is 6.54 Å². The summed E-state index contributed by atoms with van der Waals surface area (Å²) in [6, 6.07) is 7.10. The lowest BCUT2D eigenvalue weighted by Crippen LogP contribution is -2.39. The molecule has 0 spiro atoms. The number of rotatable bonds is 4. The zero-order valence-electron chi connectivity index (χ0n) is 11.8. The predicted octanol–water partition coefficient (Wildman–Crippen LogP) is 3.38. The van der Waals surface area contributed by atoms with Crippen LogP contribution in [0.3, 0.4) is 0 Å². The van der Waals surface area contributed by atoms with Gasteiger partial charge >= 0.3 is 0 Å². The summed E-state index contributed by atoms with van der Waals surface area (Å²) in [6.07, 6.45) is 9.67. The van der Waals surface area contributed by atoms with E-state index < -0.39 is 0 Å². The van der Waals surface area contributed by atoms with Gasteiger partial charge in [-0.15, -0.1) is 0 Å². The summed E-state index contributed by atoms with van der Waals surface area (Å²) in [4.78, 5) is 6.53. The van der Waals surface area contributed by atoms with Crippen molar-refractivity contribution in [1.82, 2.24) is 9.88 Å². The SMILES string of the molecule is CCN(Cc1ccncc1)C1CCCCCC1C#N. The van der Waals surface area contributed by atoms with Gasteiger partial charge in [0.25, 0.3) is 0 Å². The molecule has 3 nitrogen and oxygen atoms in total. The Morgan fingerprint density at radius 2 is 2.00 bits per heavy atom. The highest BCUT2D eigenvalue weighted by Gasteiger charge is 2.28. The Balaban J connectivity index is 2.08. The molecule has 1 heterocycles. The minimum atomic E-state index is 0.198. The fourth-order valence-corrected chi connectivity index (χ4v) is 3.06. The maximum absolute atomic E-state index is 9.41. The van der Waals surface area contributed by atoms with E-state index in [0.29, 0.717) is 6.04 Å². The van der Waals surface area contributed by atoms with Crippen molar-refractivity contribution < 1.29 is 0 Å². The minimum absolute atomic E-state index is 0.198. The Bertz CT molecular complexity index is 410. The second-order valence-corrected chi connectivity index (χ2v) is 5.36. The average molecular weight is 257 g/mol. The summed E-state index contributed by atoms with van der Waals surface area (Å²) in [7, 11) is 0. The molecule has 0 aliphatic heterocycles. The third kappa shape index (κ3) is 3.78. The molecule has 1 aliphatic carbocycles. The van der Waals surface area contributed by atoms with E-state index in [9.17, 15) is 5.26 Å². The predicted molar refractivity (Wildman–Crippen MR) is 76.3 cm³/mol. The number of nitriles is 1. The molecule has 1 saturated carbocycles. The fraction of sp³-hybridized carbons (Fsp3) is 0.625. The van der Waals surface area contributed by atoms with Crippen molar-refractivity contribution in [3.8, 4) is 6.07 Å². The Labute approximate surface area is 116 Å². The third-order valence-electron chi connectivity index (χ3n) is 4.16. The second kappa shape index (κ2) is 7.25. The van der Waals surface area contributed by atoms with E-state index in [-0.39, 0.29) is 5.92 Å². The average Bonchev–Trinajstić information content (AvgIpc) is 2.71. The van der Waals surface area contributed by atoms with Gasteiger partial charge in [0, 0.05) is 25.0 Å². The van der Waals surface area contributed by atoms with Crippen LogP contribution in [0.15, 0.2) is 24.5 Å². The van der Waals surface area contributed by atoms with Crippen molar-refractivity contribution >= 4 is 0 Å². The zero-order chi connectivity index (χ0) is 13.5. The van der Waals surface area contributed by atoms with Crippen molar-refractivity contribution in [3.63, 3.8) is 0 Å². The van der Waals surface area contributed by atoms with E-state index in [4.69, 9.17) is 0 Å². The highest BCUT2D eigenvalue weighted by atomic mass is 15.2. The molecule has 0 N–H and O–H groups in total. The highest BCUT2D eigenvalue weighted by molar-refractivity contribution is 5.10. The second-order valence-electron chi connectivity index (χ2n) is 5.36. The van der Waals surface area contributed by atoms with Crippen molar-refractivity contribution in [2.75, 3.05) is 6.54 Å². The molecule has 1 fully saturated rings. The summed E-state index contributed by atoms with van der Waals surface area (Å²) in [5, 5.41) is 9.41. The molecule has 2 unspecified atom stereocenters. The van der Waals surface area contributed by atoms with E-state index in [0.717, 1.165) is 25.9 Å². The fourth-order valence-electron chi connectivity index (χ4n) is 3.06. The van der Waals surface area contributed by atoms with Crippen LogP contribution in [0.5, 0.6) is 0 Å². The van der Waals surface area contributed by atoms with Crippen LogP contribution in [0.2, 0.25) is 0 Å². The van der Waals surface area contributed by atoms with Crippen LogP contribution in [0, 0.1) is 17.2 Å². The maximum Gasteiger partial charge on any atom is 0.0672 e. The molecule has 0 saturated heterocycles. The molecular weight excluding hydrogens is 234 g/mol. The van der Waals surface area contributed by atoms with Gasteiger partial charge in [0.1, 0.15) is 0 Å². The highest BCUT2D eigenvalue weighted by Crippen LogP contribution is 2.28. The van der Waals surface area contributed by atoms with Gasteiger partial charge in [-0.3, -0.25) is 9.88 Å². The van der Waals surface area contributed by atoms with Crippen molar-refractivity contribution in [3.05, 3.63) is 30.1 Å². The largest absolute Gasteiger partial charge is 0.295 e. The van der Waals surface area contributed by atoms with E-state index in [1.54, 1.807) is 0 Å². The van der Waals surface area contributed by atoms with Gasteiger partial charge in [-0.2, -0.15) is 5.26 Å². The lowest BCUT2D eigenvalue weighted by atomic mass is 9.94. The van der Waals surface area contributed by atoms with E-state index in [1.807, 2.05) is 12.4 Å². The molecule has 2 rings (SSSR count).